The van der Waals surface area contributed by atoms with Crippen molar-refractivity contribution in [3.05, 3.63) is 29.8 Å². The van der Waals surface area contributed by atoms with Crippen LogP contribution >= 0.6 is 0 Å². The number of guanidine groups is 3. The van der Waals surface area contributed by atoms with E-state index in [0.29, 0.717) is 31.5 Å². The van der Waals surface area contributed by atoms with Gasteiger partial charge in [0.05, 0.1) is 30.2 Å². The van der Waals surface area contributed by atoms with Crippen molar-refractivity contribution in [3.63, 3.8) is 0 Å². The van der Waals surface area contributed by atoms with E-state index in [1.54, 1.807) is 12.1 Å². The second kappa shape index (κ2) is 32.6. The number of likely N-dealkylation sites (tertiary alicyclic amines) is 7. The number of nitrogens with two attached hydrogens (primary N) is 13. The first-order valence-electron chi connectivity index (χ1n) is 35.2. The molecule has 0 saturated carbocycles. The summed E-state index contributed by atoms with van der Waals surface area (Å²) >= 11 is 0. The summed E-state index contributed by atoms with van der Waals surface area (Å²) in [5.74, 6) is -7.97. The second-order valence-electron chi connectivity index (χ2n) is 29.0. The molecule has 103 heavy (non-hydrogen) atoms. The average molecular weight is 1440 g/mol. The Hall–Kier alpha value is -9.32. The van der Waals surface area contributed by atoms with Gasteiger partial charge in [0.2, 0.25) is 65.0 Å². The quantitative estimate of drug-likeness (QED) is 0.0275. The molecule has 32 N–H and O–H groups in total. The summed E-state index contributed by atoms with van der Waals surface area (Å²) in [6.07, 6.45) is 0.541. The maximum atomic E-state index is 15.6. The highest BCUT2D eigenvalue weighted by atomic mass is 16.3. The van der Waals surface area contributed by atoms with E-state index in [0.717, 1.165) is 0 Å². The van der Waals surface area contributed by atoms with Crippen LogP contribution in [0.25, 0.3) is 0 Å². The summed E-state index contributed by atoms with van der Waals surface area (Å²) in [5, 5.41) is 24.5. The molecule has 9 saturated heterocycles. The third-order valence-corrected chi connectivity index (χ3v) is 21.0. The Bertz CT molecular complexity index is 3460. The molecule has 1 aromatic carbocycles. The molecule has 40 nitrogen and oxygen atoms in total. The molecule has 10 rings (SSSR count). The zero-order valence-electron chi connectivity index (χ0n) is 57.5. The maximum Gasteiger partial charge on any atom is 0.246 e. The lowest BCUT2D eigenvalue weighted by atomic mass is 10.0. The predicted octanol–water partition coefficient (Wildman–Crippen LogP) is -12.5. The Balaban J connectivity index is 0.875. The number of rotatable bonds is 23. The molecule has 9 aliphatic rings. The third kappa shape index (κ3) is 17.8. The largest absolute Gasteiger partial charge is 0.508 e. The van der Waals surface area contributed by atoms with E-state index < -0.39 is 168 Å². The molecule has 9 fully saturated rings. The number of carbonyl (C=O) groups excluding carboxylic acids is 11. The monoisotopic (exact) mass is 1440 g/mol. The SMILES string of the molecule is NC(=O)[C@H](Cc1ccc(O)cc1)NC(=O)[C@H]1C[C@@H](N)CN1C(=O)[C@@H]1C[C@@H](N=C(N)N)CN1C(=O)[C@H]1C[C@@H](N)CN1C(=O)[C@H](CCCCNC(=O)[C@H]1C[C@@H](N)CN1C(=O)[C@@H]1C[C@@H](N=C(N)N)CN1C(=O)[C@H]1C[C@@H](N)CN1)NC(=O)[C@H]1C[C@@H](N)CN1C(=O)[C@@H]1C[C@@H](N=C(N)N)CN1C(=O)[C@H]1C[C@@H](N)CN1. The number of hydrogen-bond donors (Lipinski definition) is 19. The fourth-order valence-corrected chi connectivity index (χ4v) is 16.2. The number of hydrogen-bond acceptors (Lipinski definition) is 23. The number of amides is 11. The molecule has 0 unspecified atom stereocenters. The number of phenols is 1. The Morgan fingerprint density at radius 3 is 1.15 bits per heavy atom. The number of primary amides is 1. The summed E-state index contributed by atoms with van der Waals surface area (Å²) in [6, 6.07) is -12.3. The summed E-state index contributed by atoms with van der Waals surface area (Å²) in [7, 11) is 0. The van der Waals surface area contributed by atoms with Crippen LogP contribution in [0.4, 0.5) is 0 Å². The molecule has 566 valence electrons. The number of phenolic OH excluding ortho intramolecular Hbond substituents is 1. The van der Waals surface area contributed by atoms with Crippen molar-refractivity contribution >= 4 is 82.9 Å². The van der Waals surface area contributed by atoms with E-state index in [2.05, 4.69) is 41.6 Å². The summed E-state index contributed by atoms with van der Waals surface area (Å²) in [4.78, 5) is 182. The van der Waals surface area contributed by atoms with Gasteiger partial charge in [-0.1, -0.05) is 12.1 Å². The second-order valence-corrected chi connectivity index (χ2v) is 29.0. The topological polar surface area (TPSA) is 666 Å². The first-order valence-corrected chi connectivity index (χ1v) is 35.2. The van der Waals surface area contributed by atoms with Crippen LogP contribution in [0, 0.1) is 0 Å². The van der Waals surface area contributed by atoms with Crippen molar-refractivity contribution < 1.29 is 57.8 Å². The van der Waals surface area contributed by atoms with Crippen LogP contribution in [0.1, 0.15) is 82.6 Å². The van der Waals surface area contributed by atoms with E-state index in [1.807, 2.05) is 0 Å². The fourth-order valence-electron chi connectivity index (χ4n) is 16.2. The number of aliphatic imine (C=N–C) groups is 3. The summed E-state index contributed by atoms with van der Waals surface area (Å²) in [5.41, 5.74) is 79.5. The number of nitrogens with one attached hydrogen (secondary N) is 5. The third-order valence-electron chi connectivity index (χ3n) is 21.0. The molecule has 0 spiro atoms. The van der Waals surface area contributed by atoms with E-state index in [9.17, 15) is 38.7 Å². The van der Waals surface area contributed by atoms with Crippen molar-refractivity contribution in [2.75, 3.05) is 65.4 Å². The first kappa shape index (κ1) is 76.3. The number of nitrogens with zero attached hydrogens (tertiary/aromatic N) is 10. The summed E-state index contributed by atoms with van der Waals surface area (Å²) in [6.45, 7) is 0.0478. The van der Waals surface area contributed by atoms with Crippen LogP contribution in [-0.2, 0) is 59.2 Å². The molecule has 0 bridgehead atoms. The van der Waals surface area contributed by atoms with Gasteiger partial charge in [-0.3, -0.25) is 52.7 Å². The highest BCUT2D eigenvalue weighted by molar-refractivity contribution is 6.00. The van der Waals surface area contributed by atoms with Gasteiger partial charge in [0.25, 0.3) is 0 Å². The molecule has 0 radical (unpaired) electrons. The number of benzene rings is 1. The molecule has 20 atom stereocenters. The Morgan fingerprint density at radius 2 is 0.767 bits per heavy atom. The predicted molar refractivity (Wildman–Crippen MR) is 372 cm³/mol. The minimum atomic E-state index is -1.46. The van der Waals surface area contributed by atoms with Crippen LogP contribution in [0.3, 0.4) is 0 Å². The first-order chi connectivity index (χ1) is 48.8. The Labute approximate surface area is 594 Å². The van der Waals surface area contributed by atoms with Crippen molar-refractivity contribution in [1.29, 1.82) is 0 Å². The lowest BCUT2D eigenvalue weighted by Gasteiger charge is -2.35. The van der Waals surface area contributed by atoms with Gasteiger partial charge < -0.3 is 141 Å². The van der Waals surface area contributed by atoms with E-state index in [4.69, 9.17) is 74.5 Å². The van der Waals surface area contributed by atoms with Crippen molar-refractivity contribution in [2.45, 2.75) is 204 Å². The smallest absolute Gasteiger partial charge is 0.246 e. The maximum absolute atomic E-state index is 15.6. The zero-order chi connectivity index (χ0) is 74.6. The molecule has 1 aromatic rings. The molecular formula is C63H102N28O12. The van der Waals surface area contributed by atoms with Crippen LogP contribution in [0.15, 0.2) is 39.2 Å². The summed E-state index contributed by atoms with van der Waals surface area (Å²) < 4.78 is 0. The van der Waals surface area contributed by atoms with Gasteiger partial charge in [-0.2, -0.15) is 0 Å². The number of carbonyl (C=O) groups is 11. The standard InChI is InChI=1S/C63H102N28O12/c64-29-10-41(78-19-29)55(98)89-25-35(80-61(71)72)16-47(89)58(101)85-21-31(66)12-43(85)51(94)77-8-2-1-3-39(83-52(95)44-13-32(67)22-86(44)59(102)48-17-36(81-62(73)74)26-90(48)56(99)42-11-30(65)20-79-42)54(97)88-24-34(69)15-46(88)57(100)91-27-37(82-63(75)76)18-49(91)60(103)87-23-33(68)14-45(87)53(96)84-40(50(70)93)9-28-4-6-38(92)7-5-28/h4-7,29-37,39-49,78-79,92H,1-3,8-27,64-69H2,(H2,70,93)(H,77,94)(H,83,95)(H,84,96)(H4,71,72,80)(H4,73,74,81)(H4,75,76,82)/t29-,30-,31-,32-,33-,34-,35-,36-,37-,39+,40+,41-,42-,43-,44-,45-,46-,47+,48+,49+/m1/s1. The van der Waals surface area contributed by atoms with Crippen LogP contribution in [0.5, 0.6) is 5.75 Å². The fraction of sp³-hybridized carbons (Fsp3) is 0.683. The van der Waals surface area contributed by atoms with Gasteiger partial charge in [0.15, 0.2) is 17.9 Å². The van der Waals surface area contributed by atoms with Gasteiger partial charge in [-0.15, -0.1) is 0 Å². The average Bonchev–Trinajstić information content (AvgIpc) is 1.64. The van der Waals surface area contributed by atoms with Crippen molar-refractivity contribution in [1.82, 2.24) is 60.9 Å². The molecular weight excluding hydrogens is 1340 g/mol. The van der Waals surface area contributed by atoms with Gasteiger partial charge >= 0.3 is 0 Å². The Morgan fingerprint density at radius 1 is 0.417 bits per heavy atom. The van der Waals surface area contributed by atoms with Crippen LogP contribution < -0.4 is 101 Å². The highest BCUT2D eigenvalue weighted by Crippen LogP contribution is 2.34. The lowest BCUT2D eigenvalue weighted by molar-refractivity contribution is -0.151. The van der Waals surface area contributed by atoms with Gasteiger partial charge in [0.1, 0.15) is 60.1 Å². The van der Waals surface area contributed by atoms with Crippen LogP contribution in [-0.4, -0.2) is 309 Å². The van der Waals surface area contributed by atoms with Crippen molar-refractivity contribution in [3.8, 4) is 5.75 Å². The van der Waals surface area contributed by atoms with Crippen LogP contribution in [0.2, 0.25) is 0 Å². The van der Waals surface area contributed by atoms with E-state index in [-0.39, 0.29) is 165 Å². The normalized spacial score (nSPS) is 31.7. The number of unbranched alkanes of at least 4 members (excludes halogenated alkanes) is 1. The van der Waals surface area contributed by atoms with Gasteiger partial charge in [-0.05, 0) is 75.5 Å². The van der Waals surface area contributed by atoms with E-state index >= 15 is 19.2 Å². The molecule has 11 amide bonds. The minimum Gasteiger partial charge on any atom is -0.508 e. The minimum absolute atomic E-state index is 0.000954. The highest BCUT2D eigenvalue weighted by Gasteiger charge is 2.54. The van der Waals surface area contributed by atoms with Gasteiger partial charge in [0, 0.05) is 127 Å². The van der Waals surface area contributed by atoms with Crippen molar-refractivity contribution in [2.24, 2.45) is 89.5 Å². The number of aromatic hydroxyl groups is 1. The molecule has 40 heteroatoms. The van der Waals surface area contributed by atoms with Gasteiger partial charge in [-0.25, -0.2) is 15.0 Å². The zero-order valence-corrected chi connectivity index (χ0v) is 57.5. The molecule has 0 aromatic heterocycles. The van der Waals surface area contributed by atoms with E-state index in [1.165, 1.54) is 46.4 Å². The molecule has 9 aliphatic heterocycles. The Kier molecular flexibility index (Phi) is 24.1. The molecule has 9 heterocycles. The molecule has 0 aliphatic carbocycles. The lowest BCUT2D eigenvalue weighted by Crippen LogP contribution is -2.59.